The first kappa shape index (κ1) is 37.9. The number of benzene rings is 3. The van der Waals surface area contributed by atoms with Crippen LogP contribution in [-0.4, -0.2) is 98.3 Å². The Hall–Kier alpha value is -3.84. The molecule has 0 radical (unpaired) electrons. The number of nitrogens with one attached hydrogen (secondary N) is 1. The van der Waals surface area contributed by atoms with Crippen LogP contribution in [0.25, 0.3) is 0 Å². The molecule has 3 heterocycles. The first-order chi connectivity index (χ1) is 24.9. The number of carbonyl (C=O) groups is 1. The van der Waals surface area contributed by atoms with Gasteiger partial charge in [0.1, 0.15) is 23.9 Å². The highest BCUT2D eigenvalue weighted by molar-refractivity contribution is 5.68. The largest absolute Gasteiger partial charge is 0.444 e. The number of amides is 1. The van der Waals surface area contributed by atoms with Crippen molar-refractivity contribution in [3.05, 3.63) is 95.8 Å². The molecule has 0 aliphatic carbocycles. The van der Waals surface area contributed by atoms with E-state index >= 15 is 13.2 Å². The Morgan fingerprint density at radius 3 is 2.10 bits per heavy atom. The summed E-state index contributed by atoms with van der Waals surface area (Å²) in [6.45, 7) is 7.16. The molecule has 1 amide bonds. The van der Waals surface area contributed by atoms with Crippen molar-refractivity contribution in [3.8, 4) is 0 Å². The molecule has 0 aromatic heterocycles. The van der Waals surface area contributed by atoms with Crippen molar-refractivity contribution in [1.82, 2.24) is 15.1 Å². The van der Waals surface area contributed by atoms with E-state index in [1.807, 2.05) is 78.7 Å². The summed E-state index contributed by atoms with van der Waals surface area (Å²) in [6.07, 6.45) is 0.400. The van der Waals surface area contributed by atoms with Crippen LogP contribution in [0.4, 0.5) is 29.3 Å². The smallest absolute Gasteiger partial charge is 0.410 e. The van der Waals surface area contributed by atoms with Crippen molar-refractivity contribution < 1.29 is 32.2 Å². The van der Waals surface area contributed by atoms with Crippen LogP contribution in [-0.2, 0) is 27.4 Å². The Kier molecular flexibility index (Phi) is 12.0. The molecule has 3 saturated heterocycles. The number of halogens is 3. The molecular formula is C40H52F3N5O4. The first-order valence-corrected chi connectivity index (χ1v) is 18.3. The first-order valence-electron chi connectivity index (χ1n) is 18.3. The van der Waals surface area contributed by atoms with Crippen LogP contribution in [0.15, 0.2) is 78.9 Å². The minimum Gasteiger partial charge on any atom is -0.444 e. The Balaban J connectivity index is 1.06. The van der Waals surface area contributed by atoms with Gasteiger partial charge >= 0.3 is 6.09 Å². The number of hydrogen-bond donors (Lipinski definition) is 1. The molecule has 282 valence electrons. The summed E-state index contributed by atoms with van der Waals surface area (Å²) < 4.78 is 64.6. The van der Waals surface area contributed by atoms with E-state index in [1.54, 1.807) is 37.8 Å². The van der Waals surface area contributed by atoms with Crippen molar-refractivity contribution in [2.24, 2.45) is 0 Å². The molecule has 3 aromatic rings. The van der Waals surface area contributed by atoms with Crippen LogP contribution in [0.1, 0.15) is 51.2 Å². The highest BCUT2D eigenvalue weighted by atomic mass is 19.3. The Labute approximate surface area is 305 Å². The van der Waals surface area contributed by atoms with Gasteiger partial charge in [0.05, 0.1) is 37.5 Å². The number of likely N-dealkylation sites (N-methyl/N-ethyl adjacent to an activating group) is 1. The molecule has 4 atom stereocenters. The van der Waals surface area contributed by atoms with Crippen molar-refractivity contribution in [3.63, 3.8) is 0 Å². The predicted octanol–water partition coefficient (Wildman–Crippen LogP) is 6.87. The maximum Gasteiger partial charge on any atom is 0.410 e. The molecule has 3 aliphatic rings. The molecule has 3 aromatic carbocycles. The van der Waals surface area contributed by atoms with Gasteiger partial charge in [-0.1, -0.05) is 60.7 Å². The van der Waals surface area contributed by atoms with Gasteiger partial charge in [0, 0.05) is 45.5 Å². The van der Waals surface area contributed by atoms with Gasteiger partial charge in [0.2, 0.25) is 0 Å². The molecule has 52 heavy (non-hydrogen) atoms. The Bertz CT molecular complexity index is 1600. The highest BCUT2D eigenvalue weighted by Gasteiger charge is 2.49. The standard InChI is InChI=1S/C40H52F3N5O4/c1-39(2,3)52-38(49)48-20-19-35(40(42,43)28-48)47-23-21-46(22-24-47)33-16-15-31(25-32(33)41)45(4)34-17-18-36(50-26-29-11-7-5-8-12-29)44-37(34)51-27-30-13-9-6-10-14-30/h5-16,25,34-37,44H,17-24,26-28H2,1-4H3. The number of anilines is 2. The normalized spacial score (nSPS) is 24.1. The summed E-state index contributed by atoms with van der Waals surface area (Å²) in [5, 5.41) is 3.55. The van der Waals surface area contributed by atoms with Gasteiger partial charge in [-0.15, -0.1) is 0 Å². The molecule has 12 heteroatoms. The molecule has 0 saturated carbocycles. The summed E-state index contributed by atoms with van der Waals surface area (Å²) in [6, 6.07) is 24.2. The maximum absolute atomic E-state index is 15.8. The lowest BCUT2D eigenvalue weighted by Gasteiger charge is -2.46. The zero-order valence-electron chi connectivity index (χ0n) is 30.6. The average molecular weight is 724 g/mol. The number of piperidine rings is 2. The minimum absolute atomic E-state index is 0.0857. The number of ether oxygens (including phenoxy) is 3. The second-order valence-corrected chi connectivity index (χ2v) is 15.1. The Morgan fingerprint density at radius 1 is 0.865 bits per heavy atom. The quantitative estimate of drug-likeness (QED) is 0.243. The van der Waals surface area contributed by atoms with Crippen LogP contribution < -0.4 is 15.1 Å². The van der Waals surface area contributed by atoms with E-state index in [4.69, 9.17) is 14.2 Å². The van der Waals surface area contributed by atoms with Gasteiger partial charge < -0.3 is 28.9 Å². The van der Waals surface area contributed by atoms with Gasteiger partial charge in [-0.25, -0.2) is 18.0 Å². The van der Waals surface area contributed by atoms with Crippen LogP contribution in [0.3, 0.4) is 0 Å². The molecule has 4 unspecified atom stereocenters. The molecule has 0 spiro atoms. The second-order valence-electron chi connectivity index (χ2n) is 15.1. The number of hydrogen-bond acceptors (Lipinski definition) is 8. The van der Waals surface area contributed by atoms with Gasteiger partial charge in [-0.05, 0) is 69.4 Å². The van der Waals surface area contributed by atoms with E-state index in [1.165, 1.54) is 0 Å². The lowest BCUT2D eigenvalue weighted by Crippen LogP contribution is -2.62. The molecule has 6 rings (SSSR count). The third-order valence-corrected chi connectivity index (χ3v) is 10.1. The number of nitrogens with zero attached hydrogens (tertiary/aromatic N) is 4. The summed E-state index contributed by atoms with van der Waals surface area (Å²) >= 11 is 0. The molecule has 0 bridgehead atoms. The van der Waals surface area contributed by atoms with Crippen LogP contribution in [0.2, 0.25) is 0 Å². The second kappa shape index (κ2) is 16.4. The monoisotopic (exact) mass is 723 g/mol. The van der Waals surface area contributed by atoms with Gasteiger partial charge in [-0.3, -0.25) is 10.2 Å². The lowest BCUT2D eigenvalue weighted by molar-refractivity contribution is -0.126. The molecule has 1 N–H and O–H groups in total. The fourth-order valence-corrected chi connectivity index (χ4v) is 7.37. The summed E-state index contributed by atoms with van der Waals surface area (Å²) in [5.74, 6) is -3.44. The lowest BCUT2D eigenvalue weighted by atomic mass is 9.98. The van der Waals surface area contributed by atoms with E-state index in [-0.39, 0.29) is 37.3 Å². The van der Waals surface area contributed by atoms with E-state index in [0.29, 0.717) is 45.1 Å². The third-order valence-electron chi connectivity index (χ3n) is 10.1. The van der Waals surface area contributed by atoms with E-state index in [9.17, 15) is 4.79 Å². The van der Waals surface area contributed by atoms with Crippen LogP contribution >= 0.6 is 0 Å². The molecular weight excluding hydrogens is 671 g/mol. The SMILES string of the molecule is CN(c1ccc(N2CCN(C3CCN(C(=O)OC(C)(C)C)CC3(F)F)CC2)c(F)c1)C1CCC(OCc2ccccc2)NC1OCc1ccccc1. The number of piperazine rings is 1. The fraction of sp³-hybridized carbons (Fsp3) is 0.525. The molecule has 9 nitrogen and oxygen atoms in total. The maximum atomic E-state index is 15.8. The van der Waals surface area contributed by atoms with Crippen molar-refractivity contribution >= 4 is 17.5 Å². The zero-order chi connectivity index (χ0) is 36.9. The van der Waals surface area contributed by atoms with Crippen molar-refractivity contribution in [2.75, 3.05) is 56.1 Å². The average Bonchev–Trinajstić information content (AvgIpc) is 3.13. The van der Waals surface area contributed by atoms with E-state index in [2.05, 4.69) is 10.2 Å². The van der Waals surface area contributed by atoms with Gasteiger partial charge in [-0.2, -0.15) is 0 Å². The number of likely N-dealkylation sites (tertiary alicyclic amines) is 1. The van der Waals surface area contributed by atoms with E-state index in [0.717, 1.165) is 34.6 Å². The summed E-state index contributed by atoms with van der Waals surface area (Å²) in [7, 11) is 1.96. The number of alkyl halides is 2. The van der Waals surface area contributed by atoms with Crippen molar-refractivity contribution in [1.29, 1.82) is 0 Å². The summed E-state index contributed by atoms with van der Waals surface area (Å²) in [4.78, 5) is 19.3. The Morgan fingerprint density at radius 2 is 1.50 bits per heavy atom. The third kappa shape index (κ3) is 9.57. The highest BCUT2D eigenvalue weighted by Crippen LogP contribution is 2.34. The minimum atomic E-state index is -3.08. The van der Waals surface area contributed by atoms with Crippen molar-refractivity contribution in [2.45, 2.75) is 89.3 Å². The molecule has 3 aliphatic heterocycles. The van der Waals surface area contributed by atoms with Gasteiger partial charge in [0.15, 0.2) is 0 Å². The predicted molar refractivity (Wildman–Crippen MR) is 196 cm³/mol. The van der Waals surface area contributed by atoms with Crippen LogP contribution in [0.5, 0.6) is 0 Å². The van der Waals surface area contributed by atoms with Crippen LogP contribution in [0, 0.1) is 5.82 Å². The van der Waals surface area contributed by atoms with Gasteiger partial charge in [0.25, 0.3) is 5.92 Å². The summed E-state index contributed by atoms with van der Waals surface area (Å²) in [5.41, 5.74) is 2.58. The number of rotatable bonds is 10. The van der Waals surface area contributed by atoms with E-state index < -0.39 is 30.2 Å². The molecule has 3 fully saturated rings. The fourth-order valence-electron chi connectivity index (χ4n) is 7.37. The number of carbonyl (C=O) groups excluding carboxylic acids is 1. The topological polar surface area (TPSA) is 69.8 Å². The zero-order valence-corrected chi connectivity index (χ0v) is 30.6.